The van der Waals surface area contributed by atoms with Gasteiger partial charge in [-0.2, -0.15) is 5.26 Å². The van der Waals surface area contributed by atoms with E-state index in [1.54, 1.807) is 0 Å². The monoisotopic (exact) mass is 791 g/mol. The predicted octanol–water partition coefficient (Wildman–Crippen LogP) is 14.6. The van der Waals surface area contributed by atoms with Crippen molar-refractivity contribution in [2.75, 3.05) is 0 Å². The minimum absolute atomic E-state index is 0.609. The molecule has 0 aliphatic rings. The van der Waals surface area contributed by atoms with E-state index in [0.717, 1.165) is 50.2 Å². The normalized spacial score (nSPS) is 12.0. The van der Waals surface area contributed by atoms with Crippen LogP contribution in [-0.2, 0) is 0 Å². The molecule has 0 saturated heterocycles. The van der Waals surface area contributed by atoms with Crippen molar-refractivity contribution < 1.29 is 0 Å². The summed E-state index contributed by atoms with van der Waals surface area (Å²) in [6.45, 7) is 4.33. The van der Waals surface area contributed by atoms with Crippen LogP contribution in [0.3, 0.4) is 0 Å². The molecule has 290 valence electrons. The fourth-order valence-electron chi connectivity index (χ4n) is 10.4. The molecule has 0 unspecified atom stereocenters. The molecule has 0 bridgehead atoms. The fraction of sp³-hybridized carbons (Fsp3) is 0.0351. The Morgan fingerprint density at radius 1 is 0.306 bits per heavy atom. The van der Waals surface area contributed by atoms with Crippen LogP contribution in [0.15, 0.2) is 188 Å². The van der Waals surface area contributed by atoms with Gasteiger partial charge in [0.15, 0.2) is 0 Å². The van der Waals surface area contributed by atoms with Crippen molar-refractivity contribution in [3.05, 3.63) is 205 Å². The molecule has 9 aromatic carbocycles. The minimum Gasteiger partial charge on any atom is -0.309 e. The van der Waals surface area contributed by atoms with E-state index in [-0.39, 0.29) is 0 Å². The van der Waals surface area contributed by atoms with Gasteiger partial charge in [-0.3, -0.25) is 0 Å². The molecule has 13 aromatic rings. The van der Waals surface area contributed by atoms with Crippen LogP contribution in [0.4, 0.5) is 0 Å². The van der Waals surface area contributed by atoms with Gasteiger partial charge >= 0.3 is 0 Å². The van der Waals surface area contributed by atoms with Gasteiger partial charge < -0.3 is 18.3 Å². The molecule has 0 atom stereocenters. The molecular weight excluding hydrogens is 755 g/mol. The van der Waals surface area contributed by atoms with E-state index in [2.05, 4.69) is 220 Å². The maximum absolute atomic E-state index is 10.4. The van der Waals surface area contributed by atoms with Crippen LogP contribution in [0.2, 0.25) is 0 Å². The van der Waals surface area contributed by atoms with E-state index in [0.29, 0.717) is 5.56 Å². The zero-order valence-electron chi connectivity index (χ0n) is 34.1. The van der Waals surface area contributed by atoms with Crippen molar-refractivity contribution >= 4 is 87.2 Å². The van der Waals surface area contributed by atoms with Crippen LogP contribution in [0.5, 0.6) is 0 Å². The standard InChI is InChI=1S/C57H37N5/c1-35-19-24-52-44(29-35)46-32-38(59-48-15-7-3-11-40(48)41-12-4-8-16-49(41)59)22-27-54(46)61(52)56-26-21-37(34-58)31-57(56)62-53-25-20-36(2)30-45(53)47-33-39(23-28-55(47)62)60-50-17-9-5-13-42(50)43-14-6-10-18-51(43)60/h3-33H,1-2H3. The maximum Gasteiger partial charge on any atom is 0.0992 e. The van der Waals surface area contributed by atoms with Gasteiger partial charge in [0.05, 0.1) is 67.1 Å². The highest BCUT2D eigenvalue weighted by atomic mass is 15.1. The van der Waals surface area contributed by atoms with E-state index < -0.39 is 0 Å². The summed E-state index contributed by atoms with van der Waals surface area (Å²) in [5.41, 5.74) is 16.3. The molecule has 5 nitrogen and oxygen atoms in total. The Bertz CT molecular complexity index is 3980. The Labute approximate surface area is 356 Å². The summed E-state index contributed by atoms with van der Waals surface area (Å²) in [6.07, 6.45) is 0. The quantitative estimate of drug-likeness (QED) is 0.175. The second-order valence-electron chi connectivity index (χ2n) is 16.7. The third kappa shape index (κ3) is 4.78. The number of aromatic nitrogens is 4. The second-order valence-corrected chi connectivity index (χ2v) is 16.7. The lowest BCUT2D eigenvalue weighted by atomic mass is 10.1. The van der Waals surface area contributed by atoms with Gasteiger partial charge in [-0.15, -0.1) is 0 Å². The molecule has 4 aromatic heterocycles. The van der Waals surface area contributed by atoms with Gasteiger partial charge in [0.1, 0.15) is 0 Å². The number of hydrogen-bond donors (Lipinski definition) is 0. The first-order valence-corrected chi connectivity index (χ1v) is 21.2. The van der Waals surface area contributed by atoms with Gasteiger partial charge in [-0.05, 0) is 117 Å². The smallest absolute Gasteiger partial charge is 0.0992 e. The zero-order valence-corrected chi connectivity index (χ0v) is 34.1. The first-order valence-electron chi connectivity index (χ1n) is 21.2. The van der Waals surface area contributed by atoms with Gasteiger partial charge in [-0.1, -0.05) is 96.1 Å². The molecule has 0 fully saturated rings. The molecule has 0 amide bonds. The summed E-state index contributed by atoms with van der Waals surface area (Å²) in [6, 6.07) is 70.6. The molecule has 0 radical (unpaired) electrons. The van der Waals surface area contributed by atoms with Crippen LogP contribution >= 0.6 is 0 Å². The topological polar surface area (TPSA) is 43.5 Å². The first kappa shape index (κ1) is 34.5. The Hall–Kier alpha value is -8.33. The summed E-state index contributed by atoms with van der Waals surface area (Å²) in [5.74, 6) is 0. The minimum atomic E-state index is 0.609. The molecule has 13 rings (SSSR count). The average molecular weight is 792 g/mol. The molecule has 62 heavy (non-hydrogen) atoms. The summed E-state index contributed by atoms with van der Waals surface area (Å²) in [7, 11) is 0. The number of aryl methyl sites for hydroxylation is 2. The number of benzene rings is 9. The molecule has 0 N–H and O–H groups in total. The van der Waals surface area contributed by atoms with E-state index in [1.165, 1.54) is 70.9 Å². The number of fused-ring (bicyclic) bond motifs is 12. The Morgan fingerprint density at radius 2 is 0.661 bits per heavy atom. The van der Waals surface area contributed by atoms with Crippen molar-refractivity contribution in [1.82, 2.24) is 18.3 Å². The zero-order chi connectivity index (χ0) is 41.2. The van der Waals surface area contributed by atoms with Crippen molar-refractivity contribution in [2.24, 2.45) is 0 Å². The molecule has 5 heteroatoms. The lowest BCUT2D eigenvalue weighted by molar-refractivity contribution is 1.09. The average Bonchev–Trinajstić information content (AvgIpc) is 4.03. The van der Waals surface area contributed by atoms with Gasteiger partial charge in [0, 0.05) is 54.5 Å². The first-order chi connectivity index (χ1) is 30.5. The highest BCUT2D eigenvalue weighted by molar-refractivity contribution is 6.15. The van der Waals surface area contributed by atoms with E-state index in [1.807, 2.05) is 6.07 Å². The largest absolute Gasteiger partial charge is 0.309 e. The van der Waals surface area contributed by atoms with Crippen molar-refractivity contribution in [2.45, 2.75) is 13.8 Å². The van der Waals surface area contributed by atoms with Crippen LogP contribution in [0.1, 0.15) is 16.7 Å². The van der Waals surface area contributed by atoms with Crippen LogP contribution in [-0.4, -0.2) is 18.3 Å². The summed E-state index contributed by atoms with van der Waals surface area (Å²) in [4.78, 5) is 0. The van der Waals surface area contributed by atoms with Gasteiger partial charge in [0.2, 0.25) is 0 Å². The number of rotatable bonds is 4. The lowest BCUT2D eigenvalue weighted by Crippen LogP contribution is -2.04. The maximum atomic E-state index is 10.4. The summed E-state index contributed by atoms with van der Waals surface area (Å²) >= 11 is 0. The molecular formula is C57H37N5. The summed E-state index contributed by atoms with van der Waals surface area (Å²) < 4.78 is 9.55. The second kappa shape index (κ2) is 12.8. The van der Waals surface area contributed by atoms with Crippen molar-refractivity contribution in [3.8, 4) is 28.8 Å². The molecule has 0 spiro atoms. The van der Waals surface area contributed by atoms with Gasteiger partial charge in [0.25, 0.3) is 0 Å². The predicted molar refractivity (Wildman–Crippen MR) is 258 cm³/mol. The van der Waals surface area contributed by atoms with E-state index in [9.17, 15) is 5.26 Å². The fourth-order valence-corrected chi connectivity index (χ4v) is 10.4. The number of para-hydroxylation sites is 4. The lowest BCUT2D eigenvalue weighted by Gasteiger charge is -2.17. The molecule has 4 heterocycles. The summed E-state index contributed by atoms with van der Waals surface area (Å²) in [5, 5.41) is 20.1. The van der Waals surface area contributed by atoms with Crippen molar-refractivity contribution in [3.63, 3.8) is 0 Å². The third-order valence-electron chi connectivity index (χ3n) is 13.1. The van der Waals surface area contributed by atoms with E-state index in [4.69, 9.17) is 0 Å². The van der Waals surface area contributed by atoms with Gasteiger partial charge in [-0.25, -0.2) is 0 Å². The Balaban J connectivity index is 1.08. The third-order valence-corrected chi connectivity index (χ3v) is 13.1. The van der Waals surface area contributed by atoms with Crippen molar-refractivity contribution in [1.29, 1.82) is 5.26 Å². The number of hydrogen-bond acceptors (Lipinski definition) is 1. The number of nitrogens with zero attached hydrogens (tertiary/aromatic N) is 5. The molecule has 0 aliphatic heterocycles. The molecule has 0 saturated carbocycles. The Kier molecular flexibility index (Phi) is 7.15. The van der Waals surface area contributed by atoms with Crippen LogP contribution in [0.25, 0.3) is 110 Å². The van der Waals surface area contributed by atoms with Crippen LogP contribution in [0, 0.1) is 25.2 Å². The number of nitriles is 1. The highest BCUT2D eigenvalue weighted by Gasteiger charge is 2.22. The Morgan fingerprint density at radius 3 is 1.08 bits per heavy atom. The van der Waals surface area contributed by atoms with E-state index >= 15 is 0 Å². The highest BCUT2D eigenvalue weighted by Crippen LogP contribution is 2.42. The van der Waals surface area contributed by atoms with Crippen LogP contribution < -0.4 is 0 Å². The SMILES string of the molecule is Cc1ccc2c(c1)c1cc(-n3c4ccccc4c4ccccc43)ccc1n2-c1ccc(C#N)cc1-n1c2ccc(C)cc2c2cc(-n3c4ccccc4c4ccccc43)ccc21. The molecule has 0 aliphatic carbocycles.